The van der Waals surface area contributed by atoms with Crippen molar-refractivity contribution in [2.75, 3.05) is 26.2 Å². The molecule has 3 amide bonds. The van der Waals surface area contributed by atoms with E-state index in [4.69, 9.17) is 5.11 Å². The van der Waals surface area contributed by atoms with Gasteiger partial charge in [0.25, 0.3) is 5.91 Å². The van der Waals surface area contributed by atoms with E-state index in [9.17, 15) is 27.6 Å². The number of aliphatic hydroxyl groups is 1. The summed E-state index contributed by atoms with van der Waals surface area (Å²) in [7, 11) is 0. The van der Waals surface area contributed by atoms with Crippen LogP contribution in [0.2, 0.25) is 0 Å². The zero-order valence-electron chi connectivity index (χ0n) is 13.9. The molecule has 11 heteroatoms. The predicted molar refractivity (Wildman–Crippen MR) is 83.5 cm³/mol. The van der Waals surface area contributed by atoms with Crippen molar-refractivity contribution in [1.82, 2.24) is 15.1 Å². The summed E-state index contributed by atoms with van der Waals surface area (Å²) in [5, 5.41) is 11.5. The fraction of sp³-hybridized carbons (Fsp3) is 0.438. The first-order valence-electron chi connectivity index (χ1n) is 8.06. The number of hydrogen-bond donors (Lipinski definition) is 2. The van der Waals surface area contributed by atoms with Gasteiger partial charge in [-0.15, -0.1) is 13.2 Å². The van der Waals surface area contributed by atoms with Crippen molar-refractivity contribution in [3.8, 4) is 5.75 Å². The van der Waals surface area contributed by atoms with Gasteiger partial charge >= 0.3 is 6.36 Å². The van der Waals surface area contributed by atoms with Gasteiger partial charge in [0.1, 0.15) is 17.8 Å². The Bertz CT molecular complexity index is 753. The molecule has 2 saturated heterocycles. The molecule has 2 heterocycles. The lowest BCUT2D eigenvalue weighted by Crippen LogP contribution is -2.70. The highest BCUT2D eigenvalue weighted by molar-refractivity contribution is 5.99. The number of halogens is 3. The van der Waals surface area contributed by atoms with E-state index in [-0.39, 0.29) is 25.2 Å². The first kappa shape index (κ1) is 19.0. The summed E-state index contributed by atoms with van der Waals surface area (Å²) in [6.07, 6.45) is -4.82. The third-order valence-electron chi connectivity index (χ3n) is 4.39. The Labute approximate surface area is 151 Å². The van der Waals surface area contributed by atoms with Gasteiger partial charge in [-0.3, -0.25) is 14.4 Å². The molecular weight excluding hydrogens is 371 g/mol. The second-order valence-electron chi connectivity index (χ2n) is 6.11. The molecule has 2 aliphatic heterocycles. The molecule has 2 N–H and O–H groups in total. The van der Waals surface area contributed by atoms with E-state index in [1.807, 2.05) is 0 Å². The van der Waals surface area contributed by atoms with E-state index < -0.39 is 48.5 Å². The number of hydrogen-bond acceptors (Lipinski definition) is 5. The molecule has 0 bridgehead atoms. The summed E-state index contributed by atoms with van der Waals surface area (Å²) < 4.78 is 40.3. The van der Waals surface area contributed by atoms with Crippen LogP contribution in [0.5, 0.6) is 5.75 Å². The van der Waals surface area contributed by atoms with Crippen molar-refractivity contribution in [1.29, 1.82) is 0 Å². The number of benzene rings is 1. The highest BCUT2D eigenvalue weighted by Gasteiger charge is 2.44. The summed E-state index contributed by atoms with van der Waals surface area (Å²) in [6, 6.07) is 2.59. The van der Waals surface area contributed by atoms with Crippen molar-refractivity contribution >= 4 is 17.7 Å². The minimum atomic E-state index is -4.82. The monoisotopic (exact) mass is 387 g/mol. The third-order valence-corrected chi connectivity index (χ3v) is 4.39. The van der Waals surface area contributed by atoms with Crippen LogP contribution in [0.4, 0.5) is 13.2 Å². The number of ether oxygens (including phenoxy) is 1. The quantitative estimate of drug-likeness (QED) is 0.744. The van der Waals surface area contributed by atoms with Gasteiger partial charge in [0, 0.05) is 18.7 Å². The smallest absolute Gasteiger partial charge is 0.406 e. The average molecular weight is 387 g/mol. The van der Waals surface area contributed by atoms with Crippen LogP contribution in [0, 0.1) is 0 Å². The number of carbonyl (C=O) groups is 3. The minimum Gasteiger partial charge on any atom is -0.406 e. The molecule has 146 valence electrons. The molecule has 27 heavy (non-hydrogen) atoms. The molecule has 3 rings (SSSR count). The molecule has 0 unspecified atom stereocenters. The molecule has 2 atom stereocenters. The molecule has 0 radical (unpaired) electrons. The second-order valence-corrected chi connectivity index (χ2v) is 6.11. The van der Waals surface area contributed by atoms with Gasteiger partial charge in [-0.05, 0) is 24.3 Å². The Morgan fingerprint density at radius 2 is 1.89 bits per heavy atom. The fourth-order valence-electron chi connectivity index (χ4n) is 3.09. The SMILES string of the molecule is O=C1N[C@H](CO)C(=O)N2CCN(C(=O)c3ccc(OC(F)(F)F)cc3)C[C@H]12. The van der Waals surface area contributed by atoms with Crippen LogP contribution in [0.15, 0.2) is 24.3 Å². The lowest BCUT2D eigenvalue weighted by atomic mass is 10.0. The number of amides is 3. The first-order valence-corrected chi connectivity index (χ1v) is 8.06. The number of rotatable bonds is 3. The molecule has 0 spiro atoms. The van der Waals surface area contributed by atoms with Gasteiger partial charge in [0.15, 0.2) is 0 Å². The third kappa shape index (κ3) is 3.97. The van der Waals surface area contributed by atoms with Crippen LogP contribution < -0.4 is 10.1 Å². The molecule has 0 aliphatic carbocycles. The lowest BCUT2D eigenvalue weighted by Gasteiger charge is -2.44. The van der Waals surface area contributed by atoms with Crippen molar-refractivity contribution in [2.24, 2.45) is 0 Å². The Kier molecular flexibility index (Phi) is 4.96. The largest absolute Gasteiger partial charge is 0.573 e. The topological polar surface area (TPSA) is 99.2 Å². The molecule has 0 saturated carbocycles. The number of aliphatic hydroxyl groups excluding tert-OH is 1. The van der Waals surface area contributed by atoms with Crippen molar-refractivity contribution in [3.63, 3.8) is 0 Å². The van der Waals surface area contributed by atoms with Crippen molar-refractivity contribution < 1.29 is 37.4 Å². The highest BCUT2D eigenvalue weighted by Crippen LogP contribution is 2.24. The molecule has 1 aromatic rings. The van der Waals surface area contributed by atoms with Crippen molar-refractivity contribution in [3.05, 3.63) is 29.8 Å². The van der Waals surface area contributed by atoms with E-state index in [0.29, 0.717) is 0 Å². The Balaban J connectivity index is 1.69. The summed E-state index contributed by atoms with van der Waals surface area (Å²) in [4.78, 5) is 39.6. The molecular formula is C16H16F3N3O5. The van der Waals surface area contributed by atoms with Crippen LogP contribution in [0.25, 0.3) is 0 Å². The van der Waals surface area contributed by atoms with Gasteiger partial charge in [0.2, 0.25) is 11.8 Å². The summed E-state index contributed by atoms with van der Waals surface area (Å²) in [5.74, 6) is -1.81. The Hall–Kier alpha value is -2.82. The molecule has 1 aromatic carbocycles. The number of alkyl halides is 3. The number of fused-ring (bicyclic) bond motifs is 1. The number of carbonyl (C=O) groups excluding carboxylic acids is 3. The van der Waals surface area contributed by atoms with Gasteiger partial charge in [-0.25, -0.2) is 0 Å². The van der Waals surface area contributed by atoms with E-state index in [2.05, 4.69) is 10.1 Å². The van der Waals surface area contributed by atoms with E-state index in [1.54, 1.807) is 0 Å². The highest BCUT2D eigenvalue weighted by atomic mass is 19.4. The Morgan fingerprint density at radius 1 is 1.22 bits per heavy atom. The zero-order chi connectivity index (χ0) is 19.8. The van der Waals surface area contributed by atoms with Crippen LogP contribution >= 0.6 is 0 Å². The molecule has 0 aromatic heterocycles. The maximum Gasteiger partial charge on any atom is 0.573 e. The Morgan fingerprint density at radius 3 is 2.48 bits per heavy atom. The van der Waals surface area contributed by atoms with Crippen LogP contribution in [-0.2, 0) is 9.59 Å². The van der Waals surface area contributed by atoms with Gasteiger partial charge in [-0.1, -0.05) is 0 Å². The summed E-state index contributed by atoms with van der Waals surface area (Å²) >= 11 is 0. The van der Waals surface area contributed by atoms with Gasteiger partial charge < -0.3 is 25.0 Å². The van der Waals surface area contributed by atoms with Gasteiger partial charge in [-0.2, -0.15) is 0 Å². The van der Waals surface area contributed by atoms with Crippen LogP contribution in [0.3, 0.4) is 0 Å². The molecule has 8 nitrogen and oxygen atoms in total. The molecule has 2 fully saturated rings. The second kappa shape index (κ2) is 7.06. The maximum absolute atomic E-state index is 12.6. The average Bonchev–Trinajstić information content (AvgIpc) is 2.63. The summed E-state index contributed by atoms with van der Waals surface area (Å²) in [5.41, 5.74) is 0.133. The summed E-state index contributed by atoms with van der Waals surface area (Å²) in [6.45, 7) is -0.278. The standard InChI is InChI=1S/C16H16F3N3O5/c17-16(18,19)27-10-3-1-9(2-4-10)14(25)21-5-6-22-12(7-21)13(24)20-11(8-23)15(22)26/h1-4,11-12,23H,5-8H2,(H,20,24)/t11-,12-/m1/s1. The normalized spacial score (nSPS) is 23.0. The molecule has 2 aliphatic rings. The van der Waals surface area contributed by atoms with Gasteiger partial charge in [0.05, 0.1) is 13.2 Å². The fourth-order valence-corrected chi connectivity index (χ4v) is 3.09. The lowest BCUT2D eigenvalue weighted by molar-refractivity contribution is -0.274. The maximum atomic E-state index is 12.6. The predicted octanol–water partition coefficient (Wildman–Crippen LogP) is -0.271. The number of nitrogens with one attached hydrogen (secondary N) is 1. The first-order chi connectivity index (χ1) is 12.7. The van der Waals surface area contributed by atoms with Crippen molar-refractivity contribution in [2.45, 2.75) is 18.4 Å². The minimum absolute atomic E-state index is 0.0463. The van der Waals surface area contributed by atoms with Crippen LogP contribution in [0.1, 0.15) is 10.4 Å². The number of piperazine rings is 2. The zero-order valence-corrected chi connectivity index (χ0v) is 13.9. The van der Waals surface area contributed by atoms with E-state index in [0.717, 1.165) is 12.1 Å². The van der Waals surface area contributed by atoms with E-state index in [1.165, 1.54) is 21.9 Å². The van der Waals surface area contributed by atoms with Crippen LogP contribution in [-0.4, -0.2) is 77.3 Å². The van der Waals surface area contributed by atoms with E-state index >= 15 is 0 Å². The number of nitrogens with zero attached hydrogens (tertiary/aromatic N) is 2.